The Hall–Kier alpha value is -4.12. The van der Waals surface area contributed by atoms with Gasteiger partial charge in [-0.05, 0) is 54.6 Å². The lowest BCUT2D eigenvalue weighted by Crippen LogP contribution is -1.96. The first-order valence-corrected chi connectivity index (χ1v) is 9.30. The summed E-state index contributed by atoms with van der Waals surface area (Å²) in [5.41, 5.74) is 11.2. The Morgan fingerprint density at radius 2 is 1.52 bits per heavy atom. The van der Waals surface area contributed by atoms with Crippen molar-refractivity contribution in [2.75, 3.05) is 5.73 Å². The van der Waals surface area contributed by atoms with Gasteiger partial charge < -0.3 is 10.5 Å². The third-order valence-corrected chi connectivity index (χ3v) is 4.67. The number of nitrogens with two attached hydrogens (primary N) is 1. The molecule has 0 atom stereocenters. The normalized spacial score (nSPS) is 10.9. The highest BCUT2D eigenvalue weighted by Gasteiger charge is 2.10. The quantitative estimate of drug-likeness (QED) is 0.423. The zero-order valence-corrected chi connectivity index (χ0v) is 15.6. The summed E-state index contributed by atoms with van der Waals surface area (Å²) in [7, 11) is 0. The van der Waals surface area contributed by atoms with Gasteiger partial charge in [0.2, 0.25) is 0 Å². The van der Waals surface area contributed by atoms with Gasteiger partial charge in [0.05, 0.1) is 11.4 Å². The summed E-state index contributed by atoms with van der Waals surface area (Å²) in [6, 6.07) is 29.3. The Bertz CT molecular complexity index is 1280. The summed E-state index contributed by atoms with van der Waals surface area (Å²) in [5, 5.41) is 4.78. The molecule has 0 aliphatic heterocycles. The van der Waals surface area contributed by atoms with Crippen LogP contribution in [0.5, 0.6) is 11.5 Å². The minimum Gasteiger partial charge on any atom is -0.457 e. The van der Waals surface area contributed by atoms with Gasteiger partial charge in [-0.2, -0.15) is 5.10 Å². The second kappa shape index (κ2) is 7.13. The number of para-hydroxylation sites is 1. The fourth-order valence-electron chi connectivity index (χ4n) is 3.27. The van der Waals surface area contributed by atoms with Crippen molar-refractivity contribution >= 4 is 11.3 Å². The lowest BCUT2D eigenvalue weighted by atomic mass is 10.1. The summed E-state index contributed by atoms with van der Waals surface area (Å²) in [5.74, 6) is 1.59. The van der Waals surface area contributed by atoms with Crippen LogP contribution in [0.2, 0.25) is 0 Å². The first kappa shape index (κ1) is 17.0. The van der Waals surface area contributed by atoms with E-state index in [1.54, 1.807) is 6.20 Å². The number of benzene rings is 3. The Morgan fingerprint density at radius 1 is 0.724 bits per heavy atom. The van der Waals surface area contributed by atoms with E-state index in [1.165, 1.54) is 0 Å². The highest BCUT2D eigenvalue weighted by Crippen LogP contribution is 2.27. The number of aromatic nitrogens is 3. The van der Waals surface area contributed by atoms with Crippen LogP contribution in [0, 0.1) is 0 Å². The molecule has 0 saturated heterocycles. The molecular weight excluding hydrogens is 360 g/mol. The maximum absolute atomic E-state index is 5.95. The number of hydrogen-bond donors (Lipinski definition) is 1. The first-order valence-electron chi connectivity index (χ1n) is 9.30. The molecule has 5 nitrogen and oxygen atoms in total. The molecular formula is C24H18N4O. The van der Waals surface area contributed by atoms with Crippen LogP contribution in [0.4, 0.5) is 5.69 Å². The Kier molecular flexibility index (Phi) is 4.18. The minimum atomic E-state index is 0.717. The van der Waals surface area contributed by atoms with Gasteiger partial charge in [0.15, 0.2) is 5.65 Å². The molecule has 3 aromatic carbocycles. The van der Waals surface area contributed by atoms with E-state index in [9.17, 15) is 0 Å². The van der Waals surface area contributed by atoms with Gasteiger partial charge in [-0.1, -0.05) is 30.3 Å². The summed E-state index contributed by atoms with van der Waals surface area (Å²) in [4.78, 5) is 4.45. The van der Waals surface area contributed by atoms with Crippen molar-refractivity contribution in [2.45, 2.75) is 0 Å². The van der Waals surface area contributed by atoms with Gasteiger partial charge in [-0.3, -0.25) is 0 Å². The SMILES string of the molecule is Nc1cccc(-c2ccnc3cc(-c4ccc(Oc5ccccc5)cc4)nn23)c1. The van der Waals surface area contributed by atoms with Crippen molar-refractivity contribution < 1.29 is 4.74 Å². The van der Waals surface area contributed by atoms with Crippen LogP contribution >= 0.6 is 0 Å². The van der Waals surface area contributed by atoms with Crippen molar-refractivity contribution in [1.82, 2.24) is 14.6 Å². The van der Waals surface area contributed by atoms with Gasteiger partial charge in [-0.15, -0.1) is 0 Å². The topological polar surface area (TPSA) is 65.4 Å². The predicted molar refractivity (Wildman–Crippen MR) is 115 cm³/mol. The molecule has 0 amide bonds. The van der Waals surface area contributed by atoms with Crippen molar-refractivity contribution in [3.63, 3.8) is 0 Å². The second-order valence-corrected chi connectivity index (χ2v) is 6.69. The molecule has 0 aliphatic carbocycles. The molecule has 140 valence electrons. The molecule has 5 aromatic rings. The largest absolute Gasteiger partial charge is 0.457 e. The molecule has 0 saturated carbocycles. The van der Waals surface area contributed by atoms with Crippen LogP contribution in [-0.2, 0) is 0 Å². The van der Waals surface area contributed by atoms with Gasteiger partial charge >= 0.3 is 0 Å². The zero-order valence-electron chi connectivity index (χ0n) is 15.6. The van der Waals surface area contributed by atoms with Crippen molar-refractivity contribution in [1.29, 1.82) is 0 Å². The highest BCUT2D eigenvalue weighted by molar-refractivity contribution is 5.70. The lowest BCUT2D eigenvalue weighted by molar-refractivity contribution is 0.483. The first-order chi connectivity index (χ1) is 14.3. The van der Waals surface area contributed by atoms with Crippen molar-refractivity contribution in [2.24, 2.45) is 0 Å². The van der Waals surface area contributed by atoms with Gasteiger partial charge in [0, 0.05) is 29.1 Å². The van der Waals surface area contributed by atoms with E-state index in [2.05, 4.69) is 4.98 Å². The smallest absolute Gasteiger partial charge is 0.156 e. The Labute approximate surface area is 168 Å². The molecule has 5 heteroatoms. The molecule has 0 aliphatic rings. The maximum Gasteiger partial charge on any atom is 0.156 e. The molecule has 2 aromatic heterocycles. The third kappa shape index (κ3) is 3.41. The van der Waals surface area contributed by atoms with Crippen LogP contribution in [0.15, 0.2) is 97.2 Å². The number of fused-ring (bicyclic) bond motifs is 1. The standard InChI is InChI=1S/C24H18N4O/c25-19-6-4-5-18(15-19)23-13-14-26-24-16-22(27-28(23)24)17-9-11-21(12-10-17)29-20-7-2-1-3-8-20/h1-16H,25H2. The molecule has 2 N–H and O–H groups in total. The third-order valence-electron chi connectivity index (χ3n) is 4.67. The second-order valence-electron chi connectivity index (χ2n) is 6.69. The van der Waals surface area contributed by atoms with E-state index in [4.69, 9.17) is 15.6 Å². The molecule has 0 fully saturated rings. The zero-order chi connectivity index (χ0) is 19.6. The molecule has 2 heterocycles. The summed E-state index contributed by atoms with van der Waals surface area (Å²) < 4.78 is 7.71. The predicted octanol–water partition coefficient (Wildman–Crippen LogP) is 5.44. The van der Waals surface area contributed by atoms with Gasteiger partial charge in [-0.25, -0.2) is 9.50 Å². The fourth-order valence-corrected chi connectivity index (χ4v) is 3.27. The number of hydrogen-bond acceptors (Lipinski definition) is 4. The van der Waals surface area contributed by atoms with E-state index in [-0.39, 0.29) is 0 Å². The highest BCUT2D eigenvalue weighted by atomic mass is 16.5. The minimum absolute atomic E-state index is 0.717. The average molecular weight is 378 g/mol. The number of anilines is 1. The molecule has 5 rings (SSSR count). The average Bonchev–Trinajstić information content (AvgIpc) is 3.19. The number of rotatable bonds is 4. The van der Waals surface area contributed by atoms with E-state index in [1.807, 2.05) is 95.5 Å². The van der Waals surface area contributed by atoms with Crippen molar-refractivity contribution in [3.05, 3.63) is 97.2 Å². The van der Waals surface area contributed by atoms with E-state index in [0.29, 0.717) is 5.69 Å². The Morgan fingerprint density at radius 3 is 2.31 bits per heavy atom. The lowest BCUT2D eigenvalue weighted by Gasteiger charge is -2.06. The molecule has 0 radical (unpaired) electrons. The van der Waals surface area contributed by atoms with Crippen LogP contribution < -0.4 is 10.5 Å². The van der Waals surface area contributed by atoms with Crippen LogP contribution in [-0.4, -0.2) is 14.6 Å². The fraction of sp³-hybridized carbons (Fsp3) is 0. The molecule has 29 heavy (non-hydrogen) atoms. The maximum atomic E-state index is 5.95. The van der Waals surface area contributed by atoms with Gasteiger partial charge in [0.1, 0.15) is 11.5 Å². The molecule has 0 spiro atoms. The number of nitrogens with zero attached hydrogens (tertiary/aromatic N) is 3. The number of nitrogen functional groups attached to an aromatic ring is 1. The van der Waals surface area contributed by atoms with E-state index in [0.717, 1.165) is 39.7 Å². The Balaban J connectivity index is 1.49. The molecule has 0 unspecified atom stereocenters. The molecule has 0 bridgehead atoms. The van der Waals surface area contributed by atoms with Crippen LogP contribution in [0.25, 0.3) is 28.2 Å². The van der Waals surface area contributed by atoms with Crippen LogP contribution in [0.1, 0.15) is 0 Å². The van der Waals surface area contributed by atoms with E-state index < -0.39 is 0 Å². The summed E-state index contributed by atoms with van der Waals surface area (Å²) in [6.07, 6.45) is 1.79. The summed E-state index contributed by atoms with van der Waals surface area (Å²) >= 11 is 0. The van der Waals surface area contributed by atoms with Crippen LogP contribution in [0.3, 0.4) is 0 Å². The van der Waals surface area contributed by atoms with E-state index >= 15 is 0 Å². The van der Waals surface area contributed by atoms with Gasteiger partial charge in [0.25, 0.3) is 0 Å². The number of ether oxygens (including phenoxy) is 1. The summed E-state index contributed by atoms with van der Waals surface area (Å²) in [6.45, 7) is 0. The monoisotopic (exact) mass is 378 g/mol. The van der Waals surface area contributed by atoms with Crippen molar-refractivity contribution in [3.8, 4) is 34.0 Å².